The first-order valence-corrected chi connectivity index (χ1v) is 10.7. The van der Waals surface area contributed by atoms with Crippen molar-refractivity contribution >= 4 is 5.97 Å². The standard InChI is InChI=1S/C22H42O3/c1-5-24-21(23)19-13-15-20(16-14-19)25-18-12-10-8-6-7-9-11-17-22(2,3)4/h19-20H,5-18H2,1-4H3. The molecule has 0 aromatic carbocycles. The van der Waals surface area contributed by atoms with Crippen LogP contribution in [0.2, 0.25) is 0 Å². The highest BCUT2D eigenvalue weighted by Crippen LogP contribution is 2.27. The van der Waals surface area contributed by atoms with Gasteiger partial charge in [-0.3, -0.25) is 4.79 Å². The van der Waals surface area contributed by atoms with Crippen molar-refractivity contribution in [2.24, 2.45) is 11.3 Å². The molecule has 25 heavy (non-hydrogen) atoms. The Labute approximate surface area is 156 Å². The average molecular weight is 355 g/mol. The lowest BCUT2D eigenvalue weighted by atomic mass is 9.87. The highest BCUT2D eigenvalue weighted by atomic mass is 16.5. The summed E-state index contributed by atoms with van der Waals surface area (Å²) in [4.78, 5) is 11.7. The van der Waals surface area contributed by atoms with Gasteiger partial charge in [0.25, 0.3) is 0 Å². The lowest BCUT2D eigenvalue weighted by Gasteiger charge is -2.27. The van der Waals surface area contributed by atoms with Gasteiger partial charge in [0.05, 0.1) is 18.6 Å². The molecular weight excluding hydrogens is 312 g/mol. The fourth-order valence-electron chi connectivity index (χ4n) is 3.62. The number of esters is 1. The third-order valence-corrected chi connectivity index (χ3v) is 5.22. The molecule has 0 unspecified atom stereocenters. The Bertz CT molecular complexity index is 338. The molecule has 3 nitrogen and oxygen atoms in total. The molecule has 0 bridgehead atoms. The molecule has 0 saturated heterocycles. The normalized spacial score (nSPS) is 21.3. The zero-order chi connectivity index (χ0) is 18.5. The largest absolute Gasteiger partial charge is 0.466 e. The molecule has 0 aromatic rings. The predicted molar refractivity (Wildman–Crippen MR) is 105 cm³/mol. The molecule has 0 N–H and O–H groups in total. The maximum absolute atomic E-state index is 11.7. The molecule has 0 spiro atoms. The zero-order valence-corrected chi connectivity index (χ0v) is 17.3. The van der Waals surface area contributed by atoms with Gasteiger partial charge in [0.1, 0.15) is 0 Å². The fourth-order valence-corrected chi connectivity index (χ4v) is 3.62. The van der Waals surface area contributed by atoms with Crippen molar-refractivity contribution in [1.29, 1.82) is 0 Å². The summed E-state index contributed by atoms with van der Waals surface area (Å²) >= 11 is 0. The molecule has 0 radical (unpaired) electrons. The van der Waals surface area contributed by atoms with Gasteiger partial charge < -0.3 is 9.47 Å². The van der Waals surface area contributed by atoms with Crippen LogP contribution in [0, 0.1) is 11.3 Å². The SMILES string of the molecule is CCOC(=O)C1CCC(OCCCCCCCCCC(C)(C)C)CC1. The van der Waals surface area contributed by atoms with Gasteiger partial charge in [-0.25, -0.2) is 0 Å². The van der Waals surface area contributed by atoms with Crippen molar-refractivity contribution < 1.29 is 14.3 Å². The Balaban J connectivity index is 1.89. The van der Waals surface area contributed by atoms with E-state index in [9.17, 15) is 4.79 Å². The Morgan fingerprint density at radius 2 is 1.44 bits per heavy atom. The van der Waals surface area contributed by atoms with Crippen LogP contribution in [0.25, 0.3) is 0 Å². The average Bonchev–Trinajstić information content (AvgIpc) is 2.56. The lowest BCUT2D eigenvalue weighted by molar-refractivity contribution is -0.150. The summed E-state index contributed by atoms with van der Waals surface area (Å²) in [5.41, 5.74) is 0.493. The summed E-state index contributed by atoms with van der Waals surface area (Å²) in [6.45, 7) is 10.2. The van der Waals surface area contributed by atoms with E-state index in [1.165, 1.54) is 51.4 Å². The minimum atomic E-state index is -0.0107. The highest BCUT2D eigenvalue weighted by Gasteiger charge is 2.27. The van der Waals surface area contributed by atoms with Crippen LogP contribution in [0.1, 0.15) is 105 Å². The predicted octanol–water partition coefficient (Wildman–Crippen LogP) is 6.29. The third kappa shape index (κ3) is 11.6. The lowest BCUT2D eigenvalue weighted by Crippen LogP contribution is -2.27. The van der Waals surface area contributed by atoms with Crippen molar-refractivity contribution in [2.75, 3.05) is 13.2 Å². The molecular formula is C22H42O3. The van der Waals surface area contributed by atoms with Crippen LogP contribution in [0.5, 0.6) is 0 Å². The van der Waals surface area contributed by atoms with E-state index in [0.29, 0.717) is 18.1 Å². The second kappa shape index (κ2) is 12.7. The van der Waals surface area contributed by atoms with E-state index in [4.69, 9.17) is 9.47 Å². The molecule has 1 fully saturated rings. The van der Waals surface area contributed by atoms with E-state index in [1.807, 2.05) is 6.92 Å². The van der Waals surface area contributed by atoms with Crippen LogP contribution < -0.4 is 0 Å². The number of hydrogen-bond acceptors (Lipinski definition) is 3. The van der Waals surface area contributed by atoms with Gasteiger partial charge in [-0.1, -0.05) is 59.3 Å². The van der Waals surface area contributed by atoms with Gasteiger partial charge in [-0.15, -0.1) is 0 Å². The Morgan fingerprint density at radius 3 is 2.00 bits per heavy atom. The Hall–Kier alpha value is -0.570. The van der Waals surface area contributed by atoms with Gasteiger partial charge in [0.2, 0.25) is 0 Å². The number of hydrogen-bond donors (Lipinski definition) is 0. The summed E-state index contributed by atoms with van der Waals surface area (Å²) in [5, 5.41) is 0. The Kier molecular flexibility index (Phi) is 11.4. The van der Waals surface area contributed by atoms with Crippen LogP contribution >= 0.6 is 0 Å². The van der Waals surface area contributed by atoms with E-state index in [1.54, 1.807) is 0 Å². The van der Waals surface area contributed by atoms with E-state index < -0.39 is 0 Å². The van der Waals surface area contributed by atoms with Crippen LogP contribution in [-0.2, 0) is 14.3 Å². The third-order valence-electron chi connectivity index (χ3n) is 5.22. The smallest absolute Gasteiger partial charge is 0.308 e. The number of ether oxygens (including phenoxy) is 2. The van der Waals surface area contributed by atoms with Crippen LogP contribution in [0.3, 0.4) is 0 Å². The maximum Gasteiger partial charge on any atom is 0.308 e. The van der Waals surface area contributed by atoms with Gasteiger partial charge in [0.15, 0.2) is 0 Å². The summed E-state index contributed by atoms with van der Waals surface area (Å²) in [6.07, 6.45) is 14.9. The first-order chi connectivity index (χ1) is 11.9. The minimum Gasteiger partial charge on any atom is -0.466 e. The Morgan fingerprint density at radius 1 is 0.880 bits per heavy atom. The van der Waals surface area contributed by atoms with Crippen LogP contribution in [0.4, 0.5) is 0 Å². The maximum atomic E-state index is 11.7. The number of carbonyl (C=O) groups excluding carboxylic acids is 1. The molecule has 1 rings (SSSR count). The molecule has 3 heteroatoms. The van der Waals surface area contributed by atoms with E-state index in [2.05, 4.69) is 20.8 Å². The second-order valence-corrected chi connectivity index (χ2v) is 8.88. The summed E-state index contributed by atoms with van der Waals surface area (Å²) in [7, 11) is 0. The van der Waals surface area contributed by atoms with Crippen LogP contribution in [0.15, 0.2) is 0 Å². The molecule has 0 heterocycles. The van der Waals surface area contributed by atoms with Crippen molar-refractivity contribution in [3.63, 3.8) is 0 Å². The molecule has 0 aliphatic heterocycles. The first-order valence-electron chi connectivity index (χ1n) is 10.7. The molecule has 148 valence electrons. The fraction of sp³-hybridized carbons (Fsp3) is 0.955. The van der Waals surface area contributed by atoms with E-state index in [-0.39, 0.29) is 11.9 Å². The monoisotopic (exact) mass is 354 g/mol. The summed E-state index contributed by atoms with van der Waals surface area (Å²) < 4.78 is 11.1. The van der Waals surface area contributed by atoms with E-state index >= 15 is 0 Å². The van der Waals surface area contributed by atoms with Crippen LogP contribution in [-0.4, -0.2) is 25.3 Å². The minimum absolute atomic E-state index is 0.0107. The number of carbonyl (C=O) groups is 1. The van der Waals surface area contributed by atoms with Gasteiger partial charge >= 0.3 is 5.97 Å². The van der Waals surface area contributed by atoms with Gasteiger partial charge in [-0.2, -0.15) is 0 Å². The molecule has 1 aliphatic rings. The molecule has 0 amide bonds. The summed E-state index contributed by atoms with van der Waals surface area (Å²) in [5.74, 6) is 0.0986. The molecule has 0 atom stereocenters. The second-order valence-electron chi connectivity index (χ2n) is 8.88. The highest BCUT2D eigenvalue weighted by molar-refractivity contribution is 5.72. The van der Waals surface area contributed by atoms with Crippen molar-refractivity contribution in [2.45, 2.75) is 111 Å². The zero-order valence-electron chi connectivity index (χ0n) is 17.3. The number of unbranched alkanes of at least 4 members (excludes halogenated alkanes) is 6. The molecule has 0 aromatic heterocycles. The quantitative estimate of drug-likeness (QED) is 0.305. The molecule has 1 aliphatic carbocycles. The van der Waals surface area contributed by atoms with Crippen molar-refractivity contribution in [1.82, 2.24) is 0 Å². The summed E-state index contributed by atoms with van der Waals surface area (Å²) in [6, 6.07) is 0. The van der Waals surface area contributed by atoms with Gasteiger partial charge in [-0.05, 0) is 50.9 Å². The van der Waals surface area contributed by atoms with Crippen molar-refractivity contribution in [3.05, 3.63) is 0 Å². The van der Waals surface area contributed by atoms with Gasteiger partial charge in [0, 0.05) is 6.61 Å². The number of rotatable bonds is 12. The topological polar surface area (TPSA) is 35.5 Å². The molecule has 1 saturated carbocycles. The van der Waals surface area contributed by atoms with E-state index in [0.717, 1.165) is 32.3 Å². The first kappa shape index (κ1) is 22.5. The van der Waals surface area contributed by atoms with Crippen molar-refractivity contribution in [3.8, 4) is 0 Å².